The van der Waals surface area contributed by atoms with Crippen molar-refractivity contribution in [1.82, 2.24) is 5.32 Å². The minimum Gasteiger partial charge on any atom is -0.387 e. The number of fused-ring (bicyclic) bond motifs is 1. The van der Waals surface area contributed by atoms with Crippen molar-refractivity contribution >= 4 is 27.3 Å². The molecule has 0 spiro atoms. The summed E-state index contributed by atoms with van der Waals surface area (Å²) in [4.78, 5) is 1.48. The molecule has 2 atom stereocenters. The molecular weight excluding hydrogens is 334 g/mol. The molecule has 106 valence electrons. The summed E-state index contributed by atoms with van der Waals surface area (Å²) in [7, 11) is 0. The van der Waals surface area contributed by atoms with Crippen LogP contribution in [0, 0.1) is 0 Å². The largest absolute Gasteiger partial charge is 0.387 e. The zero-order chi connectivity index (χ0) is 13.9. The minimum absolute atomic E-state index is 0.375. The zero-order valence-electron chi connectivity index (χ0n) is 11.2. The van der Waals surface area contributed by atoms with Gasteiger partial charge in [-0.15, -0.1) is 11.3 Å². The Kier molecular flexibility index (Phi) is 4.56. The van der Waals surface area contributed by atoms with Crippen LogP contribution in [0.4, 0.5) is 0 Å². The van der Waals surface area contributed by atoms with Gasteiger partial charge in [-0.3, -0.25) is 0 Å². The Hall–Kier alpha value is -0.680. The zero-order valence-corrected chi connectivity index (χ0v) is 13.6. The lowest BCUT2D eigenvalue weighted by molar-refractivity contribution is 0.168. The van der Waals surface area contributed by atoms with Crippen LogP contribution >= 0.6 is 27.3 Å². The number of halogens is 1. The van der Waals surface area contributed by atoms with Gasteiger partial charge in [0.25, 0.3) is 0 Å². The van der Waals surface area contributed by atoms with E-state index in [1.54, 1.807) is 0 Å². The molecule has 2 unspecified atom stereocenters. The molecule has 2 nitrogen and oxygen atoms in total. The third-order valence-electron chi connectivity index (χ3n) is 3.83. The van der Waals surface area contributed by atoms with Crippen molar-refractivity contribution in [2.75, 3.05) is 6.54 Å². The number of hydrogen-bond acceptors (Lipinski definition) is 3. The first-order valence-electron chi connectivity index (χ1n) is 6.98. The number of hydrogen-bond donors (Lipinski definition) is 2. The van der Waals surface area contributed by atoms with Gasteiger partial charge in [0.2, 0.25) is 0 Å². The van der Waals surface area contributed by atoms with Crippen LogP contribution in [0.25, 0.3) is 0 Å². The number of aliphatic hydroxyl groups is 1. The van der Waals surface area contributed by atoms with Crippen LogP contribution in [0.1, 0.15) is 41.0 Å². The van der Waals surface area contributed by atoms with Gasteiger partial charge in [0, 0.05) is 17.5 Å². The van der Waals surface area contributed by atoms with Crippen molar-refractivity contribution in [3.05, 3.63) is 56.2 Å². The molecule has 3 rings (SSSR count). The standard InChI is InChI=1S/C16H18BrNOS/c17-16-9-12-13(7-4-8-15(12)20-16)18-10-14(19)11-5-2-1-3-6-11/h1-3,5-6,9,13-14,18-19H,4,7-8,10H2. The fourth-order valence-electron chi connectivity index (χ4n) is 2.78. The molecule has 0 saturated heterocycles. The van der Waals surface area contributed by atoms with E-state index in [2.05, 4.69) is 27.3 Å². The van der Waals surface area contributed by atoms with Crippen molar-refractivity contribution in [1.29, 1.82) is 0 Å². The van der Waals surface area contributed by atoms with Crippen molar-refractivity contribution in [3.63, 3.8) is 0 Å². The molecule has 20 heavy (non-hydrogen) atoms. The van der Waals surface area contributed by atoms with Crippen LogP contribution in [0.15, 0.2) is 40.2 Å². The van der Waals surface area contributed by atoms with Crippen molar-refractivity contribution in [3.8, 4) is 0 Å². The van der Waals surface area contributed by atoms with Crippen LogP contribution in [-0.4, -0.2) is 11.7 Å². The predicted molar refractivity (Wildman–Crippen MR) is 87.1 cm³/mol. The summed E-state index contributed by atoms with van der Waals surface area (Å²) in [6, 6.07) is 12.4. The highest BCUT2D eigenvalue weighted by molar-refractivity contribution is 9.11. The van der Waals surface area contributed by atoms with Crippen LogP contribution in [0.5, 0.6) is 0 Å². The lowest BCUT2D eigenvalue weighted by Crippen LogP contribution is -2.28. The molecule has 1 heterocycles. The van der Waals surface area contributed by atoms with Gasteiger partial charge in [-0.05, 0) is 52.4 Å². The maximum Gasteiger partial charge on any atom is 0.0914 e. The third-order valence-corrected chi connectivity index (χ3v) is 5.54. The summed E-state index contributed by atoms with van der Waals surface area (Å²) in [5.41, 5.74) is 2.39. The highest BCUT2D eigenvalue weighted by atomic mass is 79.9. The fraction of sp³-hybridized carbons (Fsp3) is 0.375. The quantitative estimate of drug-likeness (QED) is 0.864. The summed E-state index contributed by atoms with van der Waals surface area (Å²) in [6.45, 7) is 0.599. The number of nitrogens with one attached hydrogen (secondary N) is 1. The van der Waals surface area contributed by atoms with E-state index in [4.69, 9.17) is 0 Å². The highest BCUT2D eigenvalue weighted by Gasteiger charge is 2.23. The molecule has 0 saturated carbocycles. The normalized spacial score (nSPS) is 19.6. The van der Waals surface area contributed by atoms with E-state index < -0.39 is 6.10 Å². The average molecular weight is 352 g/mol. The Bertz CT molecular complexity index is 569. The predicted octanol–water partition coefficient (Wildman–Crippen LogP) is 4.21. The number of benzene rings is 1. The first kappa shape index (κ1) is 14.3. The lowest BCUT2D eigenvalue weighted by atomic mass is 9.94. The number of thiophene rings is 1. The lowest BCUT2D eigenvalue weighted by Gasteiger charge is -2.25. The van der Waals surface area contributed by atoms with Gasteiger partial charge in [0.1, 0.15) is 0 Å². The summed E-state index contributed by atoms with van der Waals surface area (Å²) in [5.74, 6) is 0. The van der Waals surface area contributed by atoms with Crippen LogP contribution < -0.4 is 5.32 Å². The smallest absolute Gasteiger partial charge is 0.0914 e. The van der Waals surface area contributed by atoms with E-state index in [0.717, 1.165) is 12.0 Å². The van der Waals surface area contributed by atoms with Crippen molar-refractivity contribution < 1.29 is 5.11 Å². The summed E-state index contributed by atoms with van der Waals surface area (Å²) < 4.78 is 1.21. The van der Waals surface area contributed by atoms with Crippen molar-refractivity contribution in [2.24, 2.45) is 0 Å². The topological polar surface area (TPSA) is 32.3 Å². The SMILES string of the molecule is OC(CNC1CCCc2sc(Br)cc21)c1ccccc1. The third kappa shape index (κ3) is 3.14. The first-order valence-corrected chi connectivity index (χ1v) is 8.59. The molecule has 0 radical (unpaired) electrons. The molecule has 4 heteroatoms. The second kappa shape index (κ2) is 6.39. The number of aryl methyl sites for hydroxylation is 1. The molecule has 0 aliphatic heterocycles. The second-order valence-electron chi connectivity index (χ2n) is 5.21. The molecule has 2 N–H and O–H groups in total. The fourth-order valence-corrected chi connectivity index (χ4v) is 4.60. The first-order chi connectivity index (χ1) is 9.74. The van der Waals surface area contributed by atoms with Gasteiger partial charge in [-0.2, -0.15) is 0 Å². The maximum atomic E-state index is 10.2. The molecular formula is C16H18BrNOS. The van der Waals surface area contributed by atoms with Crippen LogP contribution in [0.3, 0.4) is 0 Å². The Morgan fingerprint density at radius 1 is 1.35 bits per heavy atom. The number of aliphatic hydroxyl groups excluding tert-OH is 1. The molecule has 1 aliphatic rings. The Labute approximate surface area is 132 Å². The molecule has 1 aromatic heterocycles. The van der Waals surface area contributed by atoms with E-state index in [1.165, 1.54) is 27.1 Å². The molecule has 1 aliphatic carbocycles. The van der Waals surface area contributed by atoms with E-state index in [1.807, 2.05) is 41.7 Å². The summed E-state index contributed by atoms with van der Waals surface area (Å²) >= 11 is 5.42. The molecule has 0 bridgehead atoms. The van der Waals surface area contributed by atoms with Gasteiger partial charge in [0.15, 0.2) is 0 Å². The Balaban J connectivity index is 1.65. The van der Waals surface area contributed by atoms with E-state index >= 15 is 0 Å². The van der Waals surface area contributed by atoms with Gasteiger partial charge in [0.05, 0.1) is 9.89 Å². The molecule has 2 aromatic rings. The van der Waals surface area contributed by atoms with Crippen LogP contribution in [-0.2, 0) is 6.42 Å². The average Bonchev–Trinajstić information content (AvgIpc) is 2.86. The van der Waals surface area contributed by atoms with Crippen molar-refractivity contribution in [2.45, 2.75) is 31.4 Å². The Morgan fingerprint density at radius 2 is 2.15 bits per heavy atom. The van der Waals surface area contributed by atoms with E-state index in [9.17, 15) is 5.11 Å². The maximum absolute atomic E-state index is 10.2. The van der Waals surface area contributed by atoms with E-state index in [0.29, 0.717) is 12.6 Å². The monoisotopic (exact) mass is 351 g/mol. The van der Waals surface area contributed by atoms with Gasteiger partial charge >= 0.3 is 0 Å². The minimum atomic E-state index is -0.441. The molecule has 0 amide bonds. The summed E-state index contributed by atoms with van der Waals surface area (Å²) in [6.07, 6.45) is 3.12. The van der Waals surface area contributed by atoms with Crippen LogP contribution in [0.2, 0.25) is 0 Å². The molecule has 0 fully saturated rings. The Morgan fingerprint density at radius 3 is 2.95 bits per heavy atom. The van der Waals surface area contributed by atoms with Gasteiger partial charge in [-0.1, -0.05) is 30.3 Å². The summed E-state index contributed by atoms with van der Waals surface area (Å²) in [5, 5.41) is 13.8. The number of rotatable bonds is 4. The molecule has 1 aromatic carbocycles. The van der Waals surface area contributed by atoms with E-state index in [-0.39, 0.29) is 0 Å². The van der Waals surface area contributed by atoms with Gasteiger partial charge in [-0.25, -0.2) is 0 Å². The highest BCUT2D eigenvalue weighted by Crippen LogP contribution is 2.38. The second-order valence-corrected chi connectivity index (χ2v) is 7.72. The van der Waals surface area contributed by atoms with Gasteiger partial charge < -0.3 is 10.4 Å².